The van der Waals surface area contributed by atoms with E-state index in [0.29, 0.717) is 31.1 Å². The maximum atomic E-state index is 13.7. The highest BCUT2D eigenvalue weighted by Gasteiger charge is 2.31. The average Bonchev–Trinajstić information content (AvgIpc) is 3.35. The van der Waals surface area contributed by atoms with Crippen LogP contribution in [0.5, 0.6) is 0 Å². The summed E-state index contributed by atoms with van der Waals surface area (Å²) in [7, 11) is 1.74. The Morgan fingerprint density at radius 1 is 1.02 bits per heavy atom. The van der Waals surface area contributed by atoms with E-state index in [-0.39, 0.29) is 17.6 Å². The first kappa shape index (κ1) is 25.6. The van der Waals surface area contributed by atoms with Crippen LogP contribution >= 0.6 is 0 Å². The largest absolute Gasteiger partial charge is 0.389 e. The van der Waals surface area contributed by atoms with Crippen LogP contribution in [0.25, 0.3) is 11.1 Å². The predicted molar refractivity (Wildman–Crippen MR) is 160 cm³/mol. The van der Waals surface area contributed by atoms with Crippen LogP contribution in [0.4, 0.5) is 22.9 Å². The zero-order chi connectivity index (χ0) is 28.2. The summed E-state index contributed by atoms with van der Waals surface area (Å²) in [5.41, 5.74) is 8.42. The van der Waals surface area contributed by atoms with Crippen molar-refractivity contribution < 1.29 is 9.90 Å². The van der Waals surface area contributed by atoms with E-state index < -0.39 is 0 Å². The van der Waals surface area contributed by atoms with Gasteiger partial charge < -0.3 is 29.4 Å². The van der Waals surface area contributed by atoms with E-state index in [1.54, 1.807) is 17.8 Å². The molecule has 3 aromatic heterocycles. The molecule has 9 nitrogen and oxygen atoms in total. The number of pyridine rings is 2. The van der Waals surface area contributed by atoms with Gasteiger partial charge in [-0.1, -0.05) is 12.1 Å². The lowest BCUT2D eigenvalue weighted by atomic mass is 9.98. The van der Waals surface area contributed by atoms with Gasteiger partial charge in [-0.3, -0.25) is 9.59 Å². The molecule has 5 heterocycles. The van der Waals surface area contributed by atoms with Crippen molar-refractivity contribution in [2.75, 3.05) is 34.8 Å². The highest BCUT2D eigenvalue weighted by atomic mass is 16.3. The number of hydrogen-bond acceptors (Lipinski definition) is 6. The number of amides is 1. The van der Waals surface area contributed by atoms with Gasteiger partial charge in [0.2, 0.25) is 0 Å². The Bertz CT molecular complexity index is 1710. The standard InChI is InChI=1S/C32H34N6O3/c1-20-25(7-5-9-27(20)38-13-12-37-28-8-4-3-6-21(28)15-29(37)32(38)41)22-14-26(31(40)35(2)17-22)34-30-11-10-23(16-33-30)36-18-24(39)19-36/h5,7,9-11,14-17,24,39H,3-4,6,8,12-13,18-19H2,1-2H3,(H,33,34). The molecule has 9 heteroatoms. The van der Waals surface area contributed by atoms with Crippen LogP contribution in [0.3, 0.4) is 0 Å². The van der Waals surface area contributed by atoms with Crippen LogP contribution in [0, 0.1) is 6.92 Å². The second-order valence-corrected chi connectivity index (χ2v) is 11.4. The molecule has 1 fully saturated rings. The predicted octanol–water partition coefficient (Wildman–Crippen LogP) is 4.02. The lowest BCUT2D eigenvalue weighted by molar-refractivity contribution is 0.0964. The molecule has 0 unspecified atom stereocenters. The molecule has 4 aromatic rings. The zero-order valence-electron chi connectivity index (χ0n) is 23.4. The number of benzene rings is 1. The second kappa shape index (κ2) is 9.92. The monoisotopic (exact) mass is 550 g/mol. The lowest BCUT2D eigenvalue weighted by Crippen LogP contribution is -2.50. The number of carbonyl (C=O) groups excluding carboxylic acids is 1. The third-order valence-corrected chi connectivity index (χ3v) is 8.75. The van der Waals surface area contributed by atoms with Gasteiger partial charge in [0.25, 0.3) is 11.5 Å². The summed E-state index contributed by atoms with van der Waals surface area (Å²) in [6.45, 7) is 4.69. The molecule has 2 aliphatic heterocycles. The van der Waals surface area contributed by atoms with E-state index in [9.17, 15) is 14.7 Å². The molecule has 3 aliphatic rings. The first-order chi connectivity index (χ1) is 19.9. The molecule has 1 aliphatic carbocycles. The topological polar surface area (TPSA) is 95.6 Å². The van der Waals surface area contributed by atoms with Gasteiger partial charge in [0, 0.05) is 56.4 Å². The number of nitrogens with one attached hydrogen (secondary N) is 1. The summed E-state index contributed by atoms with van der Waals surface area (Å²) in [4.78, 5) is 35.2. The Labute approximate surface area is 238 Å². The number of anilines is 4. The van der Waals surface area contributed by atoms with E-state index in [1.807, 2.05) is 54.4 Å². The second-order valence-electron chi connectivity index (χ2n) is 11.4. The maximum absolute atomic E-state index is 13.7. The van der Waals surface area contributed by atoms with Crippen LogP contribution in [-0.4, -0.2) is 50.9 Å². The van der Waals surface area contributed by atoms with E-state index in [1.165, 1.54) is 24.1 Å². The molecule has 0 atom stereocenters. The highest BCUT2D eigenvalue weighted by molar-refractivity contribution is 6.07. The van der Waals surface area contributed by atoms with Gasteiger partial charge in [-0.15, -0.1) is 0 Å². The van der Waals surface area contributed by atoms with Crippen molar-refractivity contribution in [3.8, 4) is 11.1 Å². The number of aryl methyl sites for hydroxylation is 2. The van der Waals surface area contributed by atoms with Gasteiger partial charge in [-0.2, -0.15) is 0 Å². The third kappa shape index (κ3) is 4.41. The number of β-amino-alcohol motifs (C(OH)–C–C–N with tert-alkyl or cyclic N) is 1. The van der Waals surface area contributed by atoms with Crippen molar-refractivity contribution in [3.05, 3.63) is 87.7 Å². The van der Waals surface area contributed by atoms with Crippen molar-refractivity contribution in [2.45, 2.75) is 45.3 Å². The van der Waals surface area contributed by atoms with E-state index in [4.69, 9.17) is 0 Å². The van der Waals surface area contributed by atoms with Crippen molar-refractivity contribution in [1.82, 2.24) is 14.1 Å². The molecule has 1 aromatic carbocycles. The Morgan fingerprint density at radius 2 is 1.85 bits per heavy atom. The number of carbonyl (C=O) groups is 1. The molecular formula is C32H34N6O3. The zero-order valence-corrected chi connectivity index (χ0v) is 23.4. The minimum atomic E-state index is -0.287. The number of nitrogens with zero attached hydrogens (tertiary/aromatic N) is 5. The summed E-state index contributed by atoms with van der Waals surface area (Å²) in [6, 6.07) is 13.8. The SMILES string of the molecule is Cc1c(-c2cc(Nc3ccc(N4CC(O)C4)cn3)c(=O)n(C)c2)cccc1N1CCn2c(cc3c2CCCC3)C1=O. The van der Waals surface area contributed by atoms with E-state index >= 15 is 0 Å². The first-order valence-electron chi connectivity index (χ1n) is 14.4. The highest BCUT2D eigenvalue weighted by Crippen LogP contribution is 2.35. The minimum absolute atomic E-state index is 0.0518. The molecule has 7 rings (SSSR count). The molecule has 1 amide bonds. The fraction of sp³-hybridized carbons (Fsp3) is 0.344. The fourth-order valence-corrected chi connectivity index (χ4v) is 6.50. The Balaban J connectivity index is 1.18. The average molecular weight is 551 g/mol. The number of fused-ring (bicyclic) bond motifs is 3. The fourth-order valence-electron chi connectivity index (χ4n) is 6.50. The van der Waals surface area contributed by atoms with Crippen LogP contribution in [0.15, 0.2) is 59.7 Å². The summed E-state index contributed by atoms with van der Waals surface area (Å²) >= 11 is 0. The first-order valence-corrected chi connectivity index (χ1v) is 14.4. The molecule has 0 bridgehead atoms. The molecule has 0 radical (unpaired) electrons. The van der Waals surface area contributed by atoms with Crippen LogP contribution in [0.2, 0.25) is 0 Å². The van der Waals surface area contributed by atoms with Gasteiger partial charge in [-0.05, 0) is 79.6 Å². The van der Waals surface area contributed by atoms with Crippen molar-refractivity contribution in [3.63, 3.8) is 0 Å². The Hall–Kier alpha value is -4.37. The Kier molecular flexibility index (Phi) is 6.19. The van der Waals surface area contributed by atoms with Crippen LogP contribution in [-0.2, 0) is 26.4 Å². The van der Waals surface area contributed by atoms with Gasteiger partial charge in [0.1, 0.15) is 17.2 Å². The summed E-state index contributed by atoms with van der Waals surface area (Å²) in [5, 5.41) is 12.8. The van der Waals surface area contributed by atoms with Crippen molar-refractivity contribution in [2.24, 2.45) is 7.05 Å². The summed E-state index contributed by atoms with van der Waals surface area (Å²) < 4.78 is 3.81. The van der Waals surface area contributed by atoms with Gasteiger partial charge in [0.15, 0.2) is 0 Å². The number of aromatic nitrogens is 3. The van der Waals surface area contributed by atoms with Gasteiger partial charge >= 0.3 is 0 Å². The number of rotatable bonds is 5. The molecule has 0 spiro atoms. The molecule has 0 saturated carbocycles. The molecule has 2 N–H and O–H groups in total. The van der Waals surface area contributed by atoms with E-state index in [0.717, 1.165) is 53.1 Å². The van der Waals surface area contributed by atoms with Crippen LogP contribution < -0.4 is 20.7 Å². The molecule has 1 saturated heterocycles. The summed E-state index contributed by atoms with van der Waals surface area (Å²) in [6.07, 6.45) is 7.80. The maximum Gasteiger partial charge on any atom is 0.274 e. The smallest absolute Gasteiger partial charge is 0.274 e. The lowest BCUT2D eigenvalue weighted by Gasteiger charge is -2.37. The normalized spacial score (nSPS) is 16.8. The number of hydrogen-bond donors (Lipinski definition) is 2. The molecule has 210 valence electrons. The van der Waals surface area contributed by atoms with Gasteiger partial charge in [-0.25, -0.2) is 4.98 Å². The third-order valence-electron chi connectivity index (χ3n) is 8.75. The van der Waals surface area contributed by atoms with E-state index in [2.05, 4.69) is 25.8 Å². The number of aliphatic hydroxyl groups excluding tert-OH is 1. The van der Waals surface area contributed by atoms with Gasteiger partial charge in [0.05, 0.1) is 18.0 Å². The Morgan fingerprint density at radius 3 is 2.63 bits per heavy atom. The van der Waals surface area contributed by atoms with Crippen LogP contribution in [0.1, 0.15) is 40.2 Å². The molecule has 41 heavy (non-hydrogen) atoms. The van der Waals surface area contributed by atoms with Crippen molar-refractivity contribution >= 4 is 28.8 Å². The quantitative estimate of drug-likeness (QED) is 0.390. The minimum Gasteiger partial charge on any atom is -0.389 e. The number of aliphatic hydroxyl groups is 1. The summed E-state index contributed by atoms with van der Waals surface area (Å²) in [5.74, 6) is 0.620. The molecular weight excluding hydrogens is 516 g/mol. The van der Waals surface area contributed by atoms with Crippen molar-refractivity contribution in [1.29, 1.82) is 0 Å².